The van der Waals surface area contributed by atoms with E-state index < -0.39 is 5.91 Å². The third kappa shape index (κ3) is 4.08. The minimum Gasteiger partial charge on any atom is -0.397 e. The number of nitrogens with zero attached hydrogens (tertiary/aromatic N) is 2. The Hall–Kier alpha value is -2.86. The topological polar surface area (TPSA) is 111 Å². The van der Waals surface area contributed by atoms with E-state index in [4.69, 9.17) is 17.2 Å². The molecule has 2 aromatic carbocycles. The van der Waals surface area contributed by atoms with Gasteiger partial charge in [0.1, 0.15) is 11.5 Å². The Morgan fingerprint density at radius 1 is 1.09 bits per heavy atom. The van der Waals surface area contributed by atoms with E-state index >= 15 is 0 Å². The van der Waals surface area contributed by atoms with Crippen molar-refractivity contribution in [3.05, 3.63) is 59.2 Å². The van der Waals surface area contributed by atoms with Crippen molar-refractivity contribution < 1.29 is 4.79 Å². The number of carbonyl (C=O) groups excluding carboxylic acids is 1. The minimum atomic E-state index is -0.592. The SMILES string of the molecule is CN(C)Cc1ccc(C(N)=Nc2c(N)cccc2C(N)=O)cc1. The first kappa shape index (κ1) is 16.5. The standard InChI is InChI=1S/C17H21N5O/c1-22(2)10-11-6-8-12(9-7-11)16(19)21-15-13(17(20)23)4-3-5-14(15)18/h3-9H,10,18H2,1-2H3,(H2,19,21)(H2,20,23). The highest BCUT2D eigenvalue weighted by Gasteiger charge is 2.11. The normalized spacial score (nSPS) is 11.7. The molecule has 0 aromatic heterocycles. The van der Waals surface area contributed by atoms with Crippen LogP contribution in [0.4, 0.5) is 11.4 Å². The summed E-state index contributed by atoms with van der Waals surface area (Å²) in [5.41, 5.74) is 20.1. The molecule has 0 saturated carbocycles. The maximum absolute atomic E-state index is 11.5. The molecule has 0 aliphatic heterocycles. The van der Waals surface area contributed by atoms with Crippen LogP contribution < -0.4 is 17.2 Å². The van der Waals surface area contributed by atoms with Crippen molar-refractivity contribution in [1.29, 1.82) is 0 Å². The van der Waals surface area contributed by atoms with Gasteiger partial charge in [-0.1, -0.05) is 30.3 Å². The number of hydrogen-bond donors (Lipinski definition) is 3. The molecule has 6 nitrogen and oxygen atoms in total. The molecule has 6 heteroatoms. The van der Waals surface area contributed by atoms with Crippen molar-refractivity contribution in [3.63, 3.8) is 0 Å². The number of nitrogen functional groups attached to an aromatic ring is 1. The lowest BCUT2D eigenvalue weighted by Gasteiger charge is -2.10. The average Bonchev–Trinajstić information content (AvgIpc) is 2.49. The lowest BCUT2D eigenvalue weighted by molar-refractivity contribution is 0.100. The predicted molar refractivity (Wildman–Crippen MR) is 93.6 cm³/mol. The van der Waals surface area contributed by atoms with Crippen molar-refractivity contribution in [2.75, 3.05) is 19.8 Å². The van der Waals surface area contributed by atoms with Crippen LogP contribution in [-0.2, 0) is 6.54 Å². The van der Waals surface area contributed by atoms with Crippen LogP contribution in [0.2, 0.25) is 0 Å². The number of anilines is 1. The zero-order valence-corrected chi connectivity index (χ0v) is 13.3. The van der Waals surface area contributed by atoms with Gasteiger partial charge in [0.25, 0.3) is 5.91 Å². The van der Waals surface area contributed by atoms with Gasteiger partial charge < -0.3 is 22.1 Å². The molecule has 0 bridgehead atoms. The third-order valence-corrected chi connectivity index (χ3v) is 3.31. The summed E-state index contributed by atoms with van der Waals surface area (Å²) in [7, 11) is 4.01. The molecule has 2 rings (SSSR count). The Morgan fingerprint density at radius 3 is 2.30 bits per heavy atom. The van der Waals surface area contributed by atoms with Crippen LogP contribution in [0.3, 0.4) is 0 Å². The van der Waals surface area contributed by atoms with Crippen LogP contribution in [0.15, 0.2) is 47.5 Å². The molecule has 0 spiro atoms. The van der Waals surface area contributed by atoms with Crippen LogP contribution in [-0.4, -0.2) is 30.7 Å². The molecule has 0 atom stereocenters. The second-order valence-electron chi connectivity index (χ2n) is 5.54. The van der Waals surface area contributed by atoms with Crippen LogP contribution in [0, 0.1) is 0 Å². The summed E-state index contributed by atoms with van der Waals surface area (Å²) < 4.78 is 0. The van der Waals surface area contributed by atoms with Gasteiger partial charge in [0.05, 0.1) is 11.3 Å². The molecule has 0 unspecified atom stereocenters. The fourth-order valence-corrected chi connectivity index (χ4v) is 2.22. The number of hydrogen-bond acceptors (Lipinski definition) is 4. The summed E-state index contributed by atoms with van der Waals surface area (Å²) in [5, 5.41) is 0. The molecule has 120 valence electrons. The van der Waals surface area contributed by atoms with Crippen LogP contribution >= 0.6 is 0 Å². The first-order chi connectivity index (χ1) is 10.9. The highest BCUT2D eigenvalue weighted by Crippen LogP contribution is 2.27. The van der Waals surface area contributed by atoms with Gasteiger partial charge in [-0.3, -0.25) is 4.79 Å². The molecule has 0 aliphatic carbocycles. The summed E-state index contributed by atoms with van der Waals surface area (Å²) in [6.45, 7) is 0.842. The van der Waals surface area contributed by atoms with Gasteiger partial charge in [0.2, 0.25) is 0 Å². The number of amides is 1. The molecule has 2 aromatic rings. The fourth-order valence-electron chi connectivity index (χ4n) is 2.22. The van der Waals surface area contributed by atoms with Crippen molar-refractivity contribution in [1.82, 2.24) is 4.90 Å². The summed E-state index contributed by atoms with van der Waals surface area (Å²) in [6.07, 6.45) is 0. The number of rotatable bonds is 5. The first-order valence-electron chi connectivity index (χ1n) is 7.15. The summed E-state index contributed by atoms with van der Waals surface area (Å²) >= 11 is 0. The Labute approximate surface area is 135 Å². The summed E-state index contributed by atoms with van der Waals surface area (Å²) in [5.74, 6) is -0.313. The fraction of sp³-hybridized carbons (Fsp3) is 0.176. The van der Waals surface area contributed by atoms with E-state index in [9.17, 15) is 4.79 Å². The van der Waals surface area contributed by atoms with E-state index in [0.29, 0.717) is 11.4 Å². The molecule has 6 N–H and O–H groups in total. The Morgan fingerprint density at radius 2 is 1.74 bits per heavy atom. The van der Waals surface area contributed by atoms with Crippen molar-refractivity contribution >= 4 is 23.1 Å². The molecule has 0 saturated heterocycles. The Balaban J connectivity index is 2.35. The molecule has 0 aliphatic rings. The second-order valence-corrected chi connectivity index (χ2v) is 5.54. The second kappa shape index (κ2) is 6.93. The van der Waals surface area contributed by atoms with Gasteiger partial charge in [-0.15, -0.1) is 0 Å². The van der Waals surface area contributed by atoms with Gasteiger partial charge in [-0.2, -0.15) is 0 Å². The van der Waals surface area contributed by atoms with Crippen molar-refractivity contribution in [3.8, 4) is 0 Å². The van der Waals surface area contributed by atoms with Crippen LogP contribution in [0.1, 0.15) is 21.5 Å². The Bertz CT molecular complexity index is 735. The van der Waals surface area contributed by atoms with Gasteiger partial charge in [0, 0.05) is 12.1 Å². The quantitative estimate of drug-likeness (QED) is 0.441. The summed E-state index contributed by atoms with van der Waals surface area (Å²) in [4.78, 5) is 17.9. The van der Waals surface area contributed by atoms with Gasteiger partial charge in [-0.25, -0.2) is 4.99 Å². The number of para-hydroxylation sites is 1. The first-order valence-corrected chi connectivity index (χ1v) is 7.15. The molecule has 0 heterocycles. The lowest BCUT2D eigenvalue weighted by atomic mass is 10.1. The average molecular weight is 311 g/mol. The molecular weight excluding hydrogens is 290 g/mol. The lowest BCUT2D eigenvalue weighted by Crippen LogP contribution is -2.16. The van der Waals surface area contributed by atoms with Crippen molar-refractivity contribution in [2.24, 2.45) is 16.5 Å². The summed E-state index contributed by atoms with van der Waals surface area (Å²) in [6, 6.07) is 12.6. The van der Waals surface area contributed by atoms with E-state index in [1.165, 1.54) is 5.56 Å². The maximum Gasteiger partial charge on any atom is 0.250 e. The van der Waals surface area contributed by atoms with E-state index in [0.717, 1.165) is 12.1 Å². The van der Waals surface area contributed by atoms with E-state index in [-0.39, 0.29) is 11.4 Å². The van der Waals surface area contributed by atoms with Crippen molar-refractivity contribution in [2.45, 2.75) is 6.54 Å². The predicted octanol–water partition coefficient (Wildman–Crippen LogP) is 1.47. The van der Waals surface area contributed by atoms with Gasteiger partial charge >= 0.3 is 0 Å². The van der Waals surface area contributed by atoms with Crippen LogP contribution in [0.25, 0.3) is 0 Å². The van der Waals surface area contributed by atoms with Gasteiger partial charge in [-0.05, 0) is 31.8 Å². The van der Waals surface area contributed by atoms with E-state index in [2.05, 4.69) is 9.89 Å². The molecular formula is C17H21N5O. The van der Waals surface area contributed by atoms with Crippen LogP contribution in [0.5, 0.6) is 0 Å². The number of amidine groups is 1. The minimum absolute atomic E-state index is 0.247. The number of benzene rings is 2. The number of primary amides is 1. The molecule has 23 heavy (non-hydrogen) atoms. The highest BCUT2D eigenvalue weighted by atomic mass is 16.1. The smallest absolute Gasteiger partial charge is 0.250 e. The van der Waals surface area contributed by atoms with E-state index in [1.807, 2.05) is 38.4 Å². The third-order valence-electron chi connectivity index (χ3n) is 3.31. The number of carbonyl (C=O) groups is 1. The van der Waals surface area contributed by atoms with Gasteiger partial charge in [0.15, 0.2) is 0 Å². The molecule has 0 fully saturated rings. The zero-order valence-electron chi connectivity index (χ0n) is 13.3. The zero-order chi connectivity index (χ0) is 17.0. The number of nitrogens with two attached hydrogens (primary N) is 3. The Kier molecular flexibility index (Phi) is 4.98. The molecule has 0 radical (unpaired) electrons. The largest absolute Gasteiger partial charge is 0.397 e. The maximum atomic E-state index is 11.5. The highest BCUT2D eigenvalue weighted by molar-refractivity contribution is 6.05. The molecule has 1 amide bonds. The number of aliphatic imine (C=N–C) groups is 1. The monoisotopic (exact) mass is 311 g/mol. The van der Waals surface area contributed by atoms with E-state index in [1.54, 1.807) is 18.2 Å².